The number of amides is 1. The summed E-state index contributed by atoms with van der Waals surface area (Å²) in [6.45, 7) is 3.51. The number of rotatable bonds is 1. The molecule has 2 rings (SSSR count). The summed E-state index contributed by atoms with van der Waals surface area (Å²) in [4.78, 5) is 16.2. The second-order valence-electron chi connectivity index (χ2n) is 3.94. The first-order chi connectivity index (χ1) is 7.18. The number of hydrogen-bond acceptors (Lipinski definition) is 3. The lowest BCUT2D eigenvalue weighted by Crippen LogP contribution is -2.47. The van der Waals surface area contributed by atoms with Crippen LogP contribution >= 0.6 is 0 Å². The summed E-state index contributed by atoms with van der Waals surface area (Å²) < 4.78 is 1.63. The Bertz CT molecular complexity index is 352. The van der Waals surface area contributed by atoms with Gasteiger partial charge in [0.25, 0.3) is 5.91 Å². The minimum absolute atomic E-state index is 0.0862. The van der Waals surface area contributed by atoms with Crippen LogP contribution in [-0.2, 0) is 7.05 Å². The third-order valence-corrected chi connectivity index (χ3v) is 2.83. The molecule has 5 heteroatoms. The van der Waals surface area contributed by atoms with Crippen molar-refractivity contribution in [1.29, 1.82) is 0 Å². The van der Waals surface area contributed by atoms with Crippen molar-refractivity contribution in [2.75, 3.05) is 33.2 Å². The number of aromatic nitrogens is 2. The molecule has 0 bridgehead atoms. The van der Waals surface area contributed by atoms with Gasteiger partial charge in [-0.2, -0.15) is 5.10 Å². The quantitative estimate of drug-likeness (QED) is 0.642. The van der Waals surface area contributed by atoms with Crippen LogP contribution in [-0.4, -0.2) is 58.7 Å². The average molecular weight is 208 g/mol. The van der Waals surface area contributed by atoms with E-state index in [1.54, 1.807) is 24.0 Å². The normalized spacial score (nSPS) is 18.1. The van der Waals surface area contributed by atoms with Gasteiger partial charge in [0.15, 0.2) is 0 Å². The van der Waals surface area contributed by atoms with E-state index in [4.69, 9.17) is 0 Å². The Morgan fingerprint density at radius 2 is 1.93 bits per heavy atom. The molecular weight excluding hydrogens is 192 g/mol. The van der Waals surface area contributed by atoms with E-state index in [1.807, 2.05) is 4.90 Å². The first-order valence-electron chi connectivity index (χ1n) is 5.14. The van der Waals surface area contributed by atoms with Crippen LogP contribution in [0.2, 0.25) is 0 Å². The van der Waals surface area contributed by atoms with Crippen molar-refractivity contribution in [2.24, 2.45) is 7.05 Å². The third kappa shape index (κ3) is 2.02. The van der Waals surface area contributed by atoms with Gasteiger partial charge < -0.3 is 9.80 Å². The molecule has 15 heavy (non-hydrogen) atoms. The van der Waals surface area contributed by atoms with Gasteiger partial charge in [0.2, 0.25) is 0 Å². The number of hydrogen-bond donors (Lipinski definition) is 0. The van der Waals surface area contributed by atoms with E-state index in [-0.39, 0.29) is 5.91 Å². The van der Waals surface area contributed by atoms with Gasteiger partial charge in [-0.3, -0.25) is 9.48 Å². The van der Waals surface area contributed by atoms with E-state index in [0.717, 1.165) is 26.2 Å². The fourth-order valence-electron chi connectivity index (χ4n) is 1.76. The average Bonchev–Trinajstić information content (AvgIpc) is 2.65. The Hall–Kier alpha value is -1.36. The van der Waals surface area contributed by atoms with Crippen molar-refractivity contribution in [3.63, 3.8) is 0 Å². The number of nitrogens with zero attached hydrogens (tertiary/aromatic N) is 4. The first kappa shape index (κ1) is 10.2. The highest BCUT2D eigenvalue weighted by Gasteiger charge is 2.21. The smallest absolute Gasteiger partial charge is 0.272 e. The summed E-state index contributed by atoms with van der Waals surface area (Å²) in [5.41, 5.74) is 0.666. The van der Waals surface area contributed by atoms with E-state index in [1.165, 1.54) is 0 Å². The summed E-state index contributed by atoms with van der Waals surface area (Å²) in [6.07, 6.45) is 1.66. The molecule has 1 aliphatic rings. The summed E-state index contributed by atoms with van der Waals surface area (Å²) in [5, 5.41) is 4.01. The second kappa shape index (κ2) is 4.02. The second-order valence-corrected chi connectivity index (χ2v) is 3.94. The molecule has 1 amide bonds. The highest BCUT2D eigenvalue weighted by atomic mass is 16.2. The maximum atomic E-state index is 12.0. The predicted molar refractivity (Wildman–Crippen MR) is 56.6 cm³/mol. The Balaban J connectivity index is 2.06. The molecular formula is C10H16N4O. The van der Waals surface area contributed by atoms with Crippen molar-refractivity contribution in [2.45, 2.75) is 0 Å². The van der Waals surface area contributed by atoms with Gasteiger partial charge in [-0.05, 0) is 13.1 Å². The lowest BCUT2D eigenvalue weighted by molar-refractivity contribution is 0.0653. The monoisotopic (exact) mass is 208 g/mol. The number of likely N-dealkylation sites (N-methyl/N-ethyl adjacent to an activating group) is 1. The zero-order chi connectivity index (χ0) is 10.8. The number of carbonyl (C=O) groups excluding carboxylic acids is 1. The summed E-state index contributed by atoms with van der Waals surface area (Å²) >= 11 is 0. The zero-order valence-electron chi connectivity index (χ0n) is 9.18. The molecule has 0 radical (unpaired) electrons. The first-order valence-corrected chi connectivity index (χ1v) is 5.14. The van der Waals surface area contributed by atoms with Gasteiger partial charge >= 0.3 is 0 Å². The minimum atomic E-state index is 0.0862. The Kier molecular flexibility index (Phi) is 2.73. The Labute approximate surface area is 89.3 Å². The minimum Gasteiger partial charge on any atom is -0.335 e. The number of piperazine rings is 1. The molecule has 1 saturated heterocycles. The molecule has 1 aromatic rings. The summed E-state index contributed by atoms with van der Waals surface area (Å²) in [5.74, 6) is 0.0862. The highest BCUT2D eigenvalue weighted by Crippen LogP contribution is 2.06. The summed E-state index contributed by atoms with van der Waals surface area (Å²) in [7, 11) is 3.87. The highest BCUT2D eigenvalue weighted by molar-refractivity contribution is 5.92. The van der Waals surface area contributed by atoms with Crippen molar-refractivity contribution in [3.05, 3.63) is 18.0 Å². The molecule has 82 valence electrons. The molecule has 0 saturated carbocycles. The van der Waals surface area contributed by atoms with Crippen LogP contribution in [0.5, 0.6) is 0 Å². The number of carbonyl (C=O) groups is 1. The van der Waals surface area contributed by atoms with Crippen LogP contribution in [0.3, 0.4) is 0 Å². The molecule has 1 aliphatic heterocycles. The standard InChI is InChI=1S/C10H16N4O/c1-12-5-7-14(8-6-12)10(15)9-3-4-11-13(9)2/h3-4H,5-8H2,1-2H3. The SMILES string of the molecule is CN1CCN(C(=O)c2ccnn2C)CC1. The molecule has 1 fully saturated rings. The Morgan fingerprint density at radius 1 is 1.27 bits per heavy atom. The van der Waals surface area contributed by atoms with Gasteiger partial charge in [0, 0.05) is 39.4 Å². The zero-order valence-corrected chi connectivity index (χ0v) is 9.18. The van der Waals surface area contributed by atoms with Crippen molar-refractivity contribution in [3.8, 4) is 0 Å². The van der Waals surface area contributed by atoms with Gasteiger partial charge in [-0.25, -0.2) is 0 Å². The van der Waals surface area contributed by atoms with Crippen molar-refractivity contribution < 1.29 is 4.79 Å². The maximum Gasteiger partial charge on any atom is 0.272 e. The molecule has 0 N–H and O–H groups in total. The Morgan fingerprint density at radius 3 is 2.47 bits per heavy atom. The van der Waals surface area contributed by atoms with Crippen LogP contribution < -0.4 is 0 Å². The summed E-state index contributed by atoms with van der Waals surface area (Å²) in [6, 6.07) is 1.76. The van der Waals surface area contributed by atoms with Crippen molar-refractivity contribution >= 4 is 5.91 Å². The lowest BCUT2D eigenvalue weighted by Gasteiger charge is -2.32. The molecule has 0 atom stereocenters. The fraction of sp³-hybridized carbons (Fsp3) is 0.600. The van der Waals surface area contributed by atoms with Crippen LogP contribution in [0.4, 0.5) is 0 Å². The topological polar surface area (TPSA) is 41.4 Å². The predicted octanol–water partition coefficient (Wildman–Crippen LogP) is -0.192. The van der Waals surface area contributed by atoms with E-state index in [2.05, 4.69) is 17.0 Å². The molecule has 0 aromatic carbocycles. The van der Waals surface area contributed by atoms with E-state index >= 15 is 0 Å². The van der Waals surface area contributed by atoms with E-state index in [9.17, 15) is 4.79 Å². The van der Waals surface area contributed by atoms with E-state index < -0.39 is 0 Å². The van der Waals surface area contributed by atoms with Crippen LogP contribution in [0.15, 0.2) is 12.3 Å². The number of aryl methyl sites for hydroxylation is 1. The van der Waals surface area contributed by atoms with Gasteiger partial charge in [-0.15, -0.1) is 0 Å². The molecule has 0 spiro atoms. The third-order valence-electron chi connectivity index (χ3n) is 2.83. The fourth-order valence-corrected chi connectivity index (χ4v) is 1.76. The molecule has 5 nitrogen and oxygen atoms in total. The maximum absolute atomic E-state index is 12.0. The van der Waals surface area contributed by atoms with Crippen LogP contribution in [0.1, 0.15) is 10.5 Å². The largest absolute Gasteiger partial charge is 0.335 e. The van der Waals surface area contributed by atoms with Gasteiger partial charge in [-0.1, -0.05) is 0 Å². The van der Waals surface area contributed by atoms with Gasteiger partial charge in [0.05, 0.1) is 0 Å². The molecule has 2 heterocycles. The van der Waals surface area contributed by atoms with E-state index in [0.29, 0.717) is 5.69 Å². The van der Waals surface area contributed by atoms with Crippen molar-refractivity contribution in [1.82, 2.24) is 19.6 Å². The molecule has 1 aromatic heterocycles. The molecule has 0 aliphatic carbocycles. The van der Waals surface area contributed by atoms with Crippen LogP contribution in [0, 0.1) is 0 Å². The lowest BCUT2D eigenvalue weighted by atomic mass is 10.3. The van der Waals surface area contributed by atoms with Gasteiger partial charge in [0.1, 0.15) is 5.69 Å². The molecule has 0 unspecified atom stereocenters. The van der Waals surface area contributed by atoms with Crippen LogP contribution in [0.25, 0.3) is 0 Å².